The fraction of sp³-hybridized carbons (Fsp3) is 0.889. The van der Waals surface area contributed by atoms with Crippen LogP contribution in [-0.4, -0.2) is 37.3 Å². The molecule has 0 saturated heterocycles. The van der Waals surface area contributed by atoms with Crippen molar-refractivity contribution in [2.24, 2.45) is 5.92 Å². The van der Waals surface area contributed by atoms with Crippen LogP contribution >= 0.6 is 0 Å². The van der Waals surface area contributed by atoms with E-state index in [9.17, 15) is 4.79 Å². The first-order chi connectivity index (χ1) is 6.20. The minimum Gasteiger partial charge on any atom is -0.396 e. The summed E-state index contributed by atoms with van der Waals surface area (Å²) in [6.45, 7) is 5.83. The molecule has 13 heavy (non-hydrogen) atoms. The van der Waals surface area contributed by atoms with Crippen molar-refractivity contribution in [3.63, 3.8) is 0 Å². The Balaban J connectivity index is 3.30. The van der Waals surface area contributed by atoms with E-state index in [1.807, 2.05) is 6.92 Å². The van der Waals surface area contributed by atoms with Crippen LogP contribution in [0, 0.1) is 5.92 Å². The van der Waals surface area contributed by atoms with Gasteiger partial charge < -0.3 is 15.7 Å². The topological polar surface area (TPSA) is 61.4 Å². The molecule has 0 heterocycles. The van der Waals surface area contributed by atoms with Crippen molar-refractivity contribution in [1.29, 1.82) is 0 Å². The Labute approximate surface area is 79.7 Å². The lowest BCUT2D eigenvalue weighted by molar-refractivity contribution is -0.120. The van der Waals surface area contributed by atoms with Gasteiger partial charge in [-0.2, -0.15) is 0 Å². The fourth-order valence-corrected chi connectivity index (χ4v) is 0.794. The fourth-order valence-electron chi connectivity index (χ4n) is 0.794. The van der Waals surface area contributed by atoms with Crippen LogP contribution in [0.15, 0.2) is 0 Å². The zero-order valence-electron chi connectivity index (χ0n) is 8.47. The Kier molecular flexibility index (Phi) is 7.63. The third kappa shape index (κ3) is 7.74. The van der Waals surface area contributed by atoms with Crippen LogP contribution in [-0.2, 0) is 4.79 Å². The number of amides is 1. The highest BCUT2D eigenvalue weighted by Crippen LogP contribution is 1.87. The second-order valence-corrected chi connectivity index (χ2v) is 3.27. The van der Waals surface area contributed by atoms with Crippen LogP contribution in [0.1, 0.15) is 20.3 Å². The molecule has 0 aromatic rings. The molecule has 1 unspecified atom stereocenters. The van der Waals surface area contributed by atoms with Crippen molar-refractivity contribution >= 4 is 5.91 Å². The Morgan fingerprint density at radius 2 is 2.23 bits per heavy atom. The molecule has 1 amide bonds. The van der Waals surface area contributed by atoms with E-state index in [0.717, 1.165) is 13.0 Å². The van der Waals surface area contributed by atoms with Crippen LogP contribution in [0.4, 0.5) is 0 Å². The number of aliphatic hydroxyl groups is 1. The third-order valence-corrected chi connectivity index (χ3v) is 1.67. The molecule has 0 radical (unpaired) electrons. The average molecular weight is 188 g/mol. The van der Waals surface area contributed by atoms with Gasteiger partial charge in [0.15, 0.2) is 0 Å². The molecular weight excluding hydrogens is 168 g/mol. The molecule has 0 aliphatic heterocycles. The quantitative estimate of drug-likeness (QED) is 0.482. The molecule has 1 atom stereocenters. The maximum atomic E-state index is 11.1. The largest absolute Gasteiger partial charge is 0.396 e. The van der Waals surface area contributed by atoms with E-state index in [0.29, 0.717) is 13.1 Å². The third-order valence-electron chi connectivity index (χ3n) is 1.67. The molecule has 0 aromatic heterocycles. The van der Waals surface area contributed by atoms with Crippen LogP contribution in [0.5, 0.6) is 0 Å². The van der Waals surface area contributed by atoms with E-state index in [1.54, 1.807) is 0 Å². The monoisotopic (exact) mass is 188 g/mol. The second-order valence-electron chi connectivity index (χ2n) is 3.27. The number of carbonyl (C=O) groups excluding carboxylic acids is 1. The number of aliphatic hydroxyl groups excluding tert-OH is 1. The molecule has 0 saturated carbocycles. The molecule has 0 fully saturated rings. The van der Waals surface area contributed by atoms with Crippen molar-refractivity contribution in [2.75, 3.05) is 26.2 Å². The maximum absolute atomic E-state index is 11.1. The zero-order valence-corrected chi connectivity index (χ0v) is 8.47. The maximum Gasteiger partial charge on any atom is 0.233 e. The second kappa shape index (κ2) is 8.01. The van der Waals surface area contributed by atoms with E-state index >= 15 is 0 Å². The number of hydrogen-bond donors (Lipinski definition) is 3. The van der Waals surface area contributed by atoms with E-state index in [2.05, 4.69) is 17.6 Å². The summed E-state index contributed by atoms with van der Waals surface area (Å²) >= 11 is 0. The summed E-state index contributed by atoms with van der Waals surface area (Å²) in [5.41, 5.74) is 0. The van der Waals surface area contributed by atoms with Gasteiger partial charge in [-0.25, -0.2) is 0 Å². The van der Waals surface area contributed by atoms with E-state index < -0.39 is 0 Å². The summed E-state index contributed by atoms with van der Waals surface area (Å²) in [5.74, 6) is 0.129. The molecule has 4 nitrogen and oxygen atoms in total. The van der Waals surface area contributed by atoms with Gasteiger partial charge in [-0.15, -0.1) is 0 Å². The summed E-state index contributed by atoms with van der Waals surface area (Å²) in [4.78, 5) is 11.1. The highest BCUT2D eigenvalue weighted by Gasteiger charge is 2.02. The summed E-state index contributed by atoms with van der Waals surface area (Å²) in [7, 11) is 0. The molecule has 0 aliphatic carbocycles. The lowest BCUT2D eigenvalue weighted by Crippen LogP contribution is -2.36. The Bertz CT molecular complexity index is 140. The normalized spacial score (nSPS) is 12.5. The van der Waals surface area contributed by atoms with E-state index in [1.165, 1.54) is 0 Å². The number of rotatable bonds is 7. The van der Waals surface area contributed by atoms with Crippen molar-refractivity contribution in [2.45, 2.75) is 20.3 Å². The highest BCUT2D eigenvalue weighted by atomic mass is 16.3. The average Bonchev–Trinajstić information content (AvgIpc) is 2.14. The highest BCUT2D eigenvalue weighted by molar-refractivity contribution is 5.77. The van der Waals surface area contributed by atoms with Gasteiger partial charge >= 0.3 is 0 Å². The first kappa shape index (κ1) is 12.4. The smallest absolute Gasteiger partial charge is 0.233 e. The minimum atomic E-state index is -0.00579. The predicted octanol–water partition coefficient (Wildman–Crippen LogP) is -0.269. The molecule has 4 heteroatoms. The van der Waals surface area contributed by atoms with Crippen molar-refractivity contribution in [1.82, 2.24) is 10.6 Å². The summed E-state index contributed by atoms with van der Waals surface area (Å²) in [5, 5.41) is 14.4. The summed E-state index contributed by atoms with van der Waals surface area (Å²) in [6.07, 6.45) is 1.03. The van der Waals surface area contributed by atoms with Crippen molar-refractivity contribution in [3.8, 4) is 0 Å². The summed E-state index contributed by atoms with van der Waals surface area (Å²) < 4.78 is 0. The molecular formula is C9H20N2O2. The first-order valence-corrected chi connectivity index (χ1v) is 4.79. The zero-order chi connectivity index (χ0) is 10.1. The van der Waals surface area contributed by atoms with Crippen LogP contribution in [0.3, 0.4) is 0 Å². The Hall–Kier alpha value is -0.610. The lowest BCUT2D eigenvalue weighted by Gasteiger charge is -2.09. The van der Waals surface area contributed by atoms with Crippen LogP contribution < -0.4 is 10.6 Å². The molecule has 0 aliphatic rings. The molecule has 0 aromatic carbocycles. The van der Waals surface area contributed by atoms with Crippen LogP contribution in [0.2, 0.25) is 0 Å². The summed E-state index contributed by atoms with van der Waals surface area (Å²) in [6, 6.07) is 0. The Morgan fingerprint density at radius 3 is 2.77 bits per heavy atom. The van der Waals surface area contributed by atoms with Gasteiger partial charge in [0.25, 0.3) is 0 Å². The van der Waals surface area contributed by atoms with Gasteiger partial charge in [-0.05, 0) is 18.9 Å². The van der Waals surface area contributed by atoms with Gasteiger partial charge in [0.2, 0.25) is 5.91 Å². The molecule has 0 rings (SSSR count). The van der Waals surface area contributed by atoms with Gasteiger partial charge in [0, 0.05) is 13.2 Å². The first-order valence-electron chi connectivity index (χ1n) is 4.79. The number of nitrogens with one attached hydrogen (secondary N) is 2. The van der Waals surface area contributed by atoms with Gasteiger partial charge in [-0.1, -0.05) is 13.8 Å². The van der Waals surface area contributed by atoms with Gasteiger partial charge in [0.05, 0.1) is 6.54 Å². The van der Waals surface area contributed by atoms with Gasteiger partial charge in [-0.3, -0.25) is 4.79 Å². The van der Waals surface area contributed by atoms with Gasteiger partial charge in [0.1, 0.15) is 0 Å². The molecule has 3 N–H and O–H groups in total. The molecule has 0 spiro atoms. The van der Waals surface area contributed by atoms with Crippen molar-refractivity contribution in [3.05, 3.63) is 0 Å². The minimum absolute atomic E-state index is 0.00579. The standard InChI is InChI=1S/C9H20N2O2/c1-3-4-10-6-9(13)11-5-8(2)7-12/h8,10,12H,3-7H2,1-2H3,(H,11,13). The SMILES string of the molecule is CCCNCC(=O)NCC(C)CO. The Morgan fingerprint density at radius 1 is 1.54 bits per heavy atom. The lowest BCUT2D eigenvalue weighted by atomic mass is 10.2. The van der Waals surface area contributed by atoms with E-state index in [4.69, 9.17) is 5.11 Å². The van der Waals surface area contributed by atoms with Crippen molar-refractivity contribution < 1.29 is 9.90 Å². The van der Waals surface area contributed by atoms with Crippen LogP contribution in [0.25, 0.3) is 0 Å². The van der Waals surface area contributed by atoms with E-state index in [-0.39, 0.29) is 18.4 Å². The molecule has 0 bridgehead atoms. The number of carbonyl (C=O) groups is 1. The number of hydrogen-bond acceptors (Lipinski definition) is 3. The predicted molar refractivity (Wildman–Crippen MR) is 52.4 cm³/mol. The molecule has 78 valence electrons.